The first kappa shape index (κ1) is 22.9. The van der Waals surface area contributed by atoms with Gasteiger partial charge in [-0.1, -0.05) is 34.8 Å². The van der Waals surface area contributed by atoms with Crippen molar-refractivity contribution in [2.45, 2.75) is 20.0 Å². The van der Waals surface area contributed by atoms with Crippen LogP contribution in [0.3, 0.4) is 0 Å². The second-order valence-electron chi connectivity index (χ2n) is 5.25. The molecular formula is C18H17Cl3O6. The van der Waals surface area contributed by atoms with Crippen molar-refractivity contribution >= 4 is 46.7 Å². The van der Waals surface area contributed by atoms with Gasteiger partial charge in [-0.2, -0.15) is 0 Å². The van der Waals surface area contributed by atoms with E-state index in [2.05, 4.69) is 0 Å². The molecule has 2 N–H and O–H groups in total. The maximum atomic E-state index is 10.7. The zero-order chi connectivity index (χ0) is 20.7. The zero-order valence-corrected chi connectivity index (χ0v) is 16.9. The lowest BCUT2D eigenvalue weighted by Crippen LogP contribution is -2.23. The lowest BCUT2D eigenvalue weighted by atomic mass is 10.2. The van der Waals surface area contributed by atoms with Gasteiger partial charge >= 0.3 is 11.9 Å². The van der Waals surface area contributed by atoms with E-state index < -0.39 is 18.0 Å². The Morgan fingerprint density at radius 2 is 1.63 bits per heavy atom. The lowest BCUT2D eigenvalue weighted by molar-refractivity contribution is -0.144. The van der Waals surface area contributed by atoms with Crippen molar-refractivity contribution in [3.8, 4) is 11.5 Å². The number of hydrogen-bond acceptors (Lipinski definition) is 4. The third-order valence-electron chi connectivity index (χ3n) is 3.27. The van der Waals surface area contributed by atoms with Crippen LogP contribution in [-0.2, 0) is 4.79 Å². The Labute approximate surface area is 171 Å². The van der Waals surface area contributed by atoms with E-state index in [4.69, 9.17) is 54.5 Å². The Morgan fingerprint density at radius 1 is 1.04 bits per heavy atom. The minimum Gasteiger partial charge on any atom is -0.494 e. The molecular weight excluding hydrogens is 419 g/mol. The Balaban J connectivity index is 0.000000271. The first-order valence-corrected chi connectivity index (χ1v) is 8.62. The predicted octanol–water partition coefficient (Wildman–Crippen LogP) is 5.20. The van der Waals surface area contributed by atoms with Crippen molar-refractivity contribution in [1.29, 1.82) is 0 Å². The van der Waals surface area contributed by atoms with Gasteiger partial charge in [-0.3, -0.25) is 0 Å². The maximum absolute atomic E-state index is 10.7. The molecule has 0 amide bonds. The van der Waals surface area contributed by atoms with E-state index in [-0.39, 0.29) is 21.4 Å². The summed E-state index contributed by atoms with van der Waals surface area (Å²) in [4.78, 5) is 21.3. The number of ether oxygens (including phenoxy) is 2. The molecule has 0 saturated heterocycles. The third kappa shape index (κ3) is 6.50. The van der Waals surface area contributed by atoms with Crippen molar-refractivity contribution in [2.75, 3.05) is 7.11 Å². The highest BCUT2D eigenvalue weighted by atomic mass is 35.5. The number of carboxylic acid groups (broad SMARTS) is 2. The second kappa shape index (κ2) is 10.3. The Kier molecular flexibility index (Phi) is 8.69. The first-order valence-electron chi connectivity index (χ1n) is 7.49. The van der Waals surface area contributed by atoms with Crippen LogP contribution in [0.25, 0.3) is 0 Å². The quantitative estimate of drug-likeness (QED) is 0.670. The molecule has 0 aliphatic rings. The Hall–Kier alpha value is -2.15. The Morgan fingerprint density at radius 3 is 2.07 bits per heavy atom. The van der Waals surface area contributed by atoms with Crippen LogP contribution in [0.2, 0.25) is 15.1 Å². The molecule has 0 radical (unpaired) electrons. The van der Waals surface area contributed by atoms with Crippen LogP contribution in [0.5, 0.6) is 11.5 Å². The van der Waals surface area contributed by atoms with Gasteiger partial charge in [0, 0.05) is 5.02 Å². The highest BCUT2D eigenvalue weighted by molar-refractivity contribution is 6.37. The molecule has 0 fully saturated rings. The van der Waals surface area contributed by atoms with Gasteiger partial charge in [0.05, 0.1) is 17.2 Å². The van der Waals surface area contributed by atoms with Crippen LogP contribution in [0.1, 0.15) is 22.8 Å². The maximum Gasteiger partial charge on any atom is 0.344 e. The molecule has 2 aromatic rings. The largest absolute Gasteiger partial charge is 0.494 e. The summed E-state index contributed by atoms with van der Waals surface area (Å²) in [7, 11) is 1.34. The molecule has 2 rings (SSSR count). The van der Waals surface area contributed by atoms with Gasteiger partial charge in [-0.15, -0.1) is 0 Å². The molecule has 2 aromatic carbocycles. The summed E-state index contributed by atoms with van der Waals surface area (Å²) in [5.74, 6) is -1.52. The van der Waals surface area contributed by atoms with E-state index in [0.29, 0.717) is 10.8 Å². The van der Waals surface area contributed by atoms with Crippen molar-refractivity contribution < 1.29 is 29.3 Å². The number of benzene rings is 2. The molecule has 6 nitrogen and oxygen atoms in total. The van der Waals surface area contributed by atoms with Crippen LogP contribution in [0.15, 0.2) is 30.3 Å². The van der Waals surface area contributed by atoms with Gasteiger partial charge in [0.1, 0.15) is 11.3 Å². The monoisotopic (exact) mass is 434 g/mol. The van der Waals surface area contributed by atoms with Crippen molar-refractivity contribution in [3.63, 3.8) is 0 Å². The molecule has 0 bridgehead atoms. The zero-order valence-electron chi connectivity index (χ0n) is 14.6. The number of carboxylic acids is 2. The average molecular weight is 436 g/mol. The number of carbonyl (C=O) groups is 2. The normalized spacial score (nSPS) is 11.0. The van der Waals surface area contributed by atoms with Gasteiger partial charge in [0.25, 0.3) is 0 Å². The third-order valence-corrected chi connectivity index (χ3v) is 4.11. The van der Waals surface area contributed by atoms with Gasteiger partial charge in [0.15, 0.2) is 11.9 Å². The van der Waals surface area contributed by atoms with E-state index in [9.17, 15) is 9.59 Å². The molecule has 0 aromatic heterocycles. The van der Waals surface area contributed by atoms with Crippen molar-refractivity contribution in [3.05, 3.63) is 56.5 Å². The summed E-state index contributed by atoms with van der Waals surface area (Å²) >= 11 is 17.1. The number of halogens is 3. The highest BCUT2D eigenvalue weighted by Crippen LogP contribution is 2.33. The van der Waals surface area contributed by atoms with Crippen LogP contribution in [0.4, 0.5) is 0 Å². The summed E-state index contributed by atoms with van der Waals surface area (Å²) in [5, 5.41) is 18.4. The molecule has 146 valence electrons. The molecule has 1 atom stereocenters. The molecule has 0 spiro atoms. The fourth-order valence-corrected chi connectivity index (χ4v) is 2.61. The molecule has 0 saturated carbocycles. The highest BCUT2D eigenvalue weighted by Gasteiger charge is 2.18. The van der Waals surface area contributed by atoms with Gasteiger partial charge in [-0.25, -0.2) is 9.59 Å². The van der Waals surface area contributed by atoms with Gasteiger partial charge in [-0.05, 0) is 49.7 Å². The number of hydrogen-bond donors (Lipinski definition) is 2. The minimum absolute atomic E-state index is 0.0849. The average Bonchev–Trinajstić information content (AvgIpc) is 2.59. The Bertz CT molecular complexity index is 838. The fourth-order valence-electron chi connectivity index (χ4n) is 1.92. The summed E-state index contributed by atoms with van der Waals surface area (Å²) in [5.41, 5.74) is 0.710. The van der Waals surface area contributed by atoms with Crippen LogP contribution in [-0.4, -0.2) is 35.4 Å². The van der Waals surface area contributed by atoms with E-state index in [1.54, 1.807) is 18.2 Å². The fraction of sp³-hybridized carbons (Fsp3) is 0.222. The van der Waals surface area contributed by atoms with E-state index >= 15 is 0 Å². The molecule has 1 unspecified atom stereocenters. The topological polar surface area (TPSA) is 93.1 Å². The molecule has 0 aliphatic carbocycles. The van der Waals surface area contributed by atoms with E-state index in [0.717, 1.165) is 5.56 Å². The van der Waals surface area contributed by atoms with Crippen molar-refractivity contribution in [1.82, 2.24) is 0 Å². The number of aryl methyl sites for hydroxylation is 1. The number of methoxy groups -OCH3 is 1. The second-order valence-corrected chi connectivity index (χ2v) is 6.50. The smallest absolute Gasteiger partial charge is 0.344 e. The van der Waals surface area contributed by atoms with Crippen molar-refractivity contribution in [2.24, 2.45) is 0 Å². The first-order chi connectivity index (χ1) is 12.6. The lowest BCUT2D eigenvalue weighted by Gasteiger charge is -2.12. The van der Waals surface area contributed by atoms with Crippen LogP contribution < -0.4 is 9.47 Å². The summed E-state index contributed by atoms with van der Waals surface area (Å²) < 4.78 is 10.0. The molecule has 9 heteroatoms. The number of aliphatic carboxylic acids is 1. The van der Waals surface area contributed by atoms with E-state index in [1.807, 2.05) is 6.92 Å². The summed E-state index contributed by atoms with van der Waals surface area (Å²) in [6, 6.07) is 7.95. The number of rotatable bonds is 5. The molecule has 27 heavy (non-hydrogen) atoms. The predicted molar refractivity (Wildman–Crippen MR) is 104 cm³/mol. The van der Waals surface area contributed by atoms with E-state index in [1.165, 1.54) is 26.2 Å². The molecule has 0 heterocycles. The van der Waals surface area contributed by atoms with Crippen LogP contribution >= 0.6 is 34.8 Å². The SMILES string of the molecule is COc1c(Cl)ccc(Cl)c1C(=O)O.Cc1cc(Cl)ccc1OC(C)C(=O)O. The standard InChI is InChI=1S/C10H11ClO3.C8H6Cl2O3/c1-6-5-8(11)3-4-9(6)14-7(2)10(12)13;1-13-7-5(10)3-2-4(9)6(7)8(11)12/h3-5,7H,1-2H3,(H,12,13);2-3H,1H3,(H,11,12). The number of aromatic carboxylic acids is 1. The minimum atomic E-state index is -1.16. The molecule has 0 aliphatic heterocycles. The van der Waals surface area contributed by atoms with Crippen LogP contribution in [0, 0.1) is 6.92 Å². The summed E-state index contributed by atoms with van der Waals surface area (Å²) in [6.45, 7) is 3.30. The van der Waals surface area contributed by atoms with Gasteiger partial charge in [0.2, 0.25) is 0 Å². The summed E-state index contributed by atoms with van der Waals surface area (Å²) in [6.07, 6.45) is -0.852. The van der Waals surface area contributed by atoms with Gasteiger partial charge < -0.3 is 19.7 Å².